The number of carbonyl (C=O) groups excluding carboxylic acids is 1. The molecule has 0 aliphatic heterocycles. The molecule has 98 valence electrons. The molecule has 1 unspecified atom stereocenters. The molecule has 0 saturated heterocycles. The van der Waals surface area contributed by atoms with E-state index in [4.69, 9.17) is 9.47 Å². The van der Waals surface area contributed by atoms with Crippen molar-refractivity contribution in [3.63, 3.8) is 0 Å². The van der Waals surface area contributed by atoms with Gasteiger partial charge in [-0.05, 0) is 37.0 Å². The molecule has 0 spiro atoms. The lowest BCUT2D eigenvalue weighted by molar-refractivity contribution is -0.129. The number of ether oxygens (including phenoxy) is 2. The van der Waals surface area contributed by atoms with Gasteiger partial charge in [0.25, 0.3) is 0 Å². The van der Waals surface area contributed by atoms with Crippen LogP contribution in [0.15, 0.2) is 22.7 Å². The van der Waals surface area contributed by atoms with E-state index in [2.05, 4.69) is 15.9 Å². The smallest absolute Gasteiger partial charge is 0.166 e. The fourth-order valence-corrected chi connectivity index (χ4v) is 2.57. The minimum absolute atomic E-state index is 0.136. The molecule has 0 bridgehead atoms. The zero-order valence-corrected chi connectivity index (χ0v) is 12.2. The largest absolute Gasteiger partial charge is 0.496 e. The van der Waals surface area contributed by atoms with Gasteiger partial charge in [0.2, 0.25) is 0 Å². The molecule has 0 heterocycles. The van der Waals surface area contributed by atoms with Crippen LogP contribution in [-0.4, -0.2) is 26.1 Å². The highest BCUT2D eigenvalue weighted by Gasteiger charge is 2.36. The van der Waals surface area contributed by atoms with Crippen LogP contribution in [0.2, 0.25) is 0 Å². The maximum Gasteiger partial charge on any atom is 0.166 e. The van der Waals surface area contributed by atoms with Crippen molar-refractivity contribution < 1.29 is 14.3 Å². The Bertz CT molecular complexity index is 441. The van der Waals surface area contributed by atoms with Crippen LogP contribution < -0.4 is 4.74 Å². The van der Waals surface area contributed by atoms with Gasteiger partial charge in [-0.3, -0.25) is 4.79 Å². The Morgan fingerprint density at radius 3 is 2.72 bits per heavy atom. The standard InChI is InChI=1S/C14H17BrO3/c1-17-13-6-5-11(15)7-10(13)8-12(16)14(18-2)9-3-4-9/h5-7,9,14H,3-4,8H2,1-2H3. The van der Waals surface area contributed by atoms with E-state index in [0.717, 1.165) is 28.6 Å². The molecule has 0 radical (unpaired) electrons. The third-order valence-electron chi connectivity index (χ3n) is 3.23. The molecule has 0 amide bonds. The van der Waals surface area contributed by atoms with Crippen LogP contribution in [0.5, 0.6) is 5.75 Å². The number of rotatable bonds is 6. The van der Waals surface area contributed by atoms with Crippen LogP contribution in [0.1, 0.15) is 18.4 Å². The summed E-state index contributed by atoms with van der Waals surface area (Å²) in [5.41, 5.74) is 0.902. The number of halogens is 1. The lowest BCUT2D eigenvalue weighted by atomic mass is 10.0. The number of hydrogen-bond donors (Lipinski definition) is 0. The molecular weight excluding hydrogens is 296 g/mol. The molecule has 1 saturated carbocycles. The van der Waals surface area contributed by atoms with E-state index < -0.39 is 0 Å². The summed E-state index contributed by atoms with van der Waals surface area (Å²) in [6, 6.07) is 5.70. The summed E-state index contributed by atoms with van der Waals surface area (Å²) in [5.74, 6) is 1.30. The van der Waals surface area contributed by atoms with Crippen molar-refractivity contribution in [2.75, 3.05) is 14.2 Å². The van der Waals surface area contributed by atoms with Gasteiger partial charge < -0.3 is 9.47 Å². The Kier molecular flexibility index (Phi) is 4.40. The first kappa shape index (κ1) is 13.6. The second-order valence-electron chi connectivity index (χ2n) is 4.59. The van der Waals surface area contributed by atoms with Crippen molar-refractivity contribution in [1.82, 2.24) is 0 Å². The van der Waals surface area contributed by atoms with Crippen molar-refractivity contribution in [1.29, 1.82) is 0 Å². The van der Waals surface area contributed by atoms with E-state index in [1.165, 1.54) is 0 Å². The van der Waals surface area contributed by atoms with Crippen molar-refractivity contribution in [2.45, 2.75) is 25.4 Å². The second-order valence-corrected chi connectivity index (χ2v) is 5.51. The molecule has 18 heavy (non-hydrogen) atoms. The average molecular weight is 313 g/mol. The molecule has 0 aromatic heterocycles. The highest BCUT2D eigenvalue weighted by atomic mass is 79.9. The lowest BCUT2D eigenvalue weighted by Crippen LogP contribution is -2.26. The molecule has 1 atom stereocenters. The minimum atomic E-state index is -0.256. The Hall–Kier alpha value is -0.870. The van der Waals surface area contributed by atoms with Crippen molar-refractivity contribution in [3.05, 3.63) is 28.2 Å². The molecule has 1 fully saturated rings. The van der Waals surface area contributed by atoms with Gasteiger partial charge in [0.1, 0.15) is 11.9 Å². The molecule has 1 aliphatic rings. The highest BCUT2D eigenvalue weighted by molar-refractivity contribution is 9.10. The maximum absolute atomic E-state index is 12.2. The first-order valence-corrected chi connectivity index (χ1v) is 6.83. The van der Waals surface area contributed by atoms with E-state index in [1.54, 1.807) is 14.2 Å². The van der Waals surface area contributed by atoms with Crippen molar-refractivity contribution >= 4 is 21.7 Å². The monoisotopic (exact) mass is 312 g/mol. The van der Waals surface area contributed by atoms with E-state index in [9.17, 15) is 4.79 Å². The summed E-state index contributed by atoms with van der Waals surface area (Å²) in [7, 11) is 3.23. The van der Waals surface area contributed by atoms with Crippen LogP contribution >= 0.6 is 15.9 Å². The molecule has 1 aromatic carbocycles. The van der Waals surface area contributed by atoms with E-state index >= 15 is 0 Å². The van der Waals surface area contributed by atoms with Crippen molar-refractivity contribution in [2.24, 2.45) is 5.92 Å². The molecular formula is C14H17BrO3. The highest BCUT2D eigenvalue weighted by Crippen LogP contribution is 2.35. The first-order valence-electron chi connectivity index (χ1n) is 6.03. The number of ketones is 1. The fraction of sp³-hybridized carbons (Fsp3) is 0.500. The van der Waals surface area contributed by atoms with Crippen LogP contribution in [0.25, 0.3) is 0 Å². The van der Waals surface area contributed by atoms with Gasteiger partial charge >= 0.3 is 0 Å². The topological polar surface area (TPSA) is 35.5 Å². The average Bonchev–Trinajstić information content (AvgIpc) is 3.15. The normalized spacial score (nSPS) is 16.4. The Morgan fingerprint density at radius 1 is 1.44 bits per heavy atom. The maximum atomic E-state index is 12.2. The quantitative estimate of drug-likeness (QED) is 0.810. The van der Waals surface area contributed by atoms with Crippen molar-refractivity contribution in [3.8, 4) is 5.75 Å². The SMILES string of the molecule is COc1ccc(Br)cc1CC(=O)C(OC)C1CC1. The predicted molar refractivity (Wildman–Crippen MR) is 72.9 cm³/mol. The molecule has 2 rings (SSSR count). The van der Waals surface area contributed by atoms with Gasteiger partial charge in [-0.25, -0.2) is 0 Å². The number of methoxy groups -OCH3 is 2. The Labute approximate surface area is 116 Å². The lowest BCUT2D eigenvalue weighted by Gasteiger charge is -2.14. The van der Waals surface area contributed by atoms with Gasteiger partial charge in [0.05, 0.1) is 7.11 Å². The summed E-state index contributed by atoms with van der Waals surface area (Å²) in [6.45, 7) is 0. The first-order chi connectivity index (χ1) is 8.65. The molecule has 4 heteroatoms. The van der Waals surface area contributed by atoms with Crippen LogP contribution in [0.3, 0.4) is 0 Å². The second kappa shape index (κ2) is 5.85. The number of benzene rings is 1. The third kappa shape index (κ3) is 3.12. The Morgan fingerprint density at radius 2 is 2.17 bits per heavy atom. The van der Waals surface area contributed by atoms with E-state index in [-0.39, 0.29) is 11.9 Å². The summed E-state index contributed by atoms with van der Waals surface area (Å²) in [6.07, 6.45) is 2.30. The van der Waals surface area contributed by atoms with Gasteiger partial charge in [-0.15, -0.1) is 0 Å². The van der Waals surface area contributed by atoms with Gasteiger partial charge in [0, 0.05) is 23.6 Å². The molecule has 1 aromatic rings. The van der Waals surface area contributed by atoms with Crippen LogP contribution in [0.4, 0.5) is 0 Å². The summed E-state index contributed by atoms with van der Waals surface area (Å²) < 4.78 is 11.5. The Balaban J connectivity index is 2.12. The zero-order chi connectivity index (χ0) is 13.1. The fourth-order valence-electron chi connectivity index (χ4n) is 2.16. The summed E-state index contributed by atoms with van der Waals surface area (Å²) >= 11 is 3.41. The molecule has 1 aliphatic carbocycles. The third-order valence-corrected chi connectivity index (χ3v) is 3.72. The van der Waals surface area contributed by atoms with Gasteiger partial charge in [-0.1, -0.05) is 15.9 Å². The van der Waals surface area contributed by atoms with Crippen LogP contribution in [-0.2, 0) is 16.0 Å². The molecule has 3 nitrogen and oxygen atoms in total. The zero-order valence-electron chi connectivity index (χ0n) is 10.6. The van der Waals surface area contributed by atoms with Crippen LogP contribution in [0, 0.1) is 5.92 Å². The van der Waals surface area contributed by atoms with Gasteiger partial charge in [-0.2, -0.15) is 0 Å². The molecule has 0 N–H and O–H groups in total. The summed E-state index contributed by atoms with van der Waals surface area (Å²) in [5, 5.41) is 0. The minimum Gasteiger partial charge on any atom is -0.496 e. The number of carbonyl (C=O) groups is 1. The summed E-state index contributed by atoms with van der Waals surface area (Å²) in [4.78, 5) is 12.2. The number of Topliss-reactive ketones (excluding diaryl/α,β-unsaturated/α-hetero) is 1. The van der Waals surface area contributed by atoms with E-state index in [0.29, 0.717) is 12.3 Å². The predicted octanol–water partition coefficient (Wildman–Crippen LogP) is 2.99. The van der Waals surface area contributed by atoms with Gasteiger partial charge in [0.15, 0.2) is 5.78 Å². The number of hydrogen-bond acceptors (Lipinski definition) is 3. The van der Waals surface area contributed by atoms with E-state index in [1.807, 2.05) is 18.2 Å².